The van der Waals surface area contributed by atoms with E-state index in [9.17, 15) is 32.7 Å². The SMILES string of the molecule is COc1ccc(C(=O)N[C@H]2CC[C@@H](n3c(=O)c4cc(F)cnc4n(-c4ccc(F)c(F)c4)c3=O)CC2)c(O)c1. The van der Waals surface area contributed by atoms with Gasteiger partial charge in [-0.15, -0.1) is 0 Å². The fraction of sp³-hybridized carbons (Fsp3) is 0.259. The summed E-state index contributed by atoms with van der Waals surface area (Å²) in [5.74, 6) is -3.44. The molecule has 2 heterocycles. The molecule has 0 atom stereocenters. The third-order valence-electron chi connectivity index (χ3n) is 6.90. The van der Waals surface area contributed by atoms with E-state index in [0.29, 0.717) is 31.4 Å². The van der Waals surface area contributed by atoms with Crippen molar-refractivity contribution in [3.05, 3.63) is 92.5 Å². The number of fused-ring (bicyclic) bond motifs is 1. The molecule has 12 heteroatoms. The zero-order chi connectivity index (χ0) is 27.8. The lowest BCUT2D eigenvalue weighted by atomic mass is 9.90. The summed E-state index contributed by atoms with van der Waals surface area (Å²) in [6, 6.07) is 7.19. The standard InChI is InChI=1S/C27H23F3N4O5/c1-39-18-7-8-19(23(35)12-18)25(36)32-15-2-4-16(5-3-15)34-26(37)20-10-14(28)13-31-24(20)33(27(34)38)17-6-9-21(29)22(30)11-17/h6-13,15-16,35H,2-5H2,1H3,(H,32,36)/t15-,16+. The van der Waals surface area contributed by atoms with Crippen LogP contribution in [-0.2, 0) is 0 Å². The van der Waals surface area contributed by atoms with Gasteiger partial charge in [0.05, 0.1) is 29.9 Å². The van der Waals surface area contributed by atoms with Gasteiger partial charge >= 0.3 is 5.69 Å². The first-order valence-electron chi connectivity index (χ1n) is 12.1. The molecule has 0 spiro atoms. The highest BCUT2D eigenvalue weighted by Gasteiger charge is 2.28. The van der Waals surface area contributed by atoms with Gasteiger partial charge in [0.1, 0.15) is 17.3 Å². The summed E-state index contributed by atoms with van der Waals surface area (Å²) in [6.07, 6.45) is 2.28. The lowest BCUT2D eigenvalue weighted by molar-refractivity contribution is 0.0919. The molecule has 0 radical (unpaired) electrons. The molecule has 39 heavy (non-hydrogen) atoms. The van der Waals surface area contributed by atoms with Crippen molar-refractivity contribution in [1.82, 2.24) is 19.4 Å². The van der Waals surface area contributed by atoms with Crippen LogP contribution >= 0.6 is 0 Å². The molecule has 0 unspecified atom stereocenters. The van der Waals surface area contributed by atoms with E-state index in [0.717, 1.165) is 33.5 Å². The minimum absolute atomic E-state index is 0.0722. The van der Waals surface area contributed by atoms with E-state index in [2.05, 4.69) is 10.3 Å². The van der Waals surface area contributed by atoms with E-state index >= 15 is 0 Å². The molecule has 1 aliphatic rings. The minimum Gasteiger partial charge on any atom is -0.507 e. The summed E-state index contributed by atoms with van der Waals surface area (Å²) in [4.78, 5) is 43.5. The van der Waals surface area contributed by atoms with Gasteiger partial charge in [0.15, 0.2) is 17.3 Å². The van der Waals surface area contributed by atoms with Crippen LogP contribution < -0.4 is 21.3 Å². The highest BCUT2D eigenvalue weighted by atomic mass is 19.2. The van der Waals surface area contributed by atoms with Crippen molar-refractivity contribution in [2.24, 2.45) is 0 Å². The summed E-state index contributed by atoms with van der Waals surface area (Å²) < 4.78 is 48.6. The Bertz CT molecular complexity index is 1710. The van der Waals surface area contributed by atoms with Gasteiger partial charge < -0.3 is 15.2 Å². The van der Waals surface area contributed by atoms with E-state index in [4.69, 9.17) is 4.74 Å². The zero-order valence-electron chi connectivity index (χ0n) is 20.7. The number of methoxy groups -OCH3 is 1. The number of benzene rings is 2. The van der Waals surface area contributed by atoms with Crippen LogP contribution in [0.4, 0.5) is 13.2 Å². The Labute approximate surface area is 219 Å². The number of phenols is 1. The number of ether oxygens (including phenoxy) is 1. The molecule has 2 aromatic carbocycles. The van der Waals surface area contributed by atoms with Crippen LogP contribution in [0.1, 0.15) is 42.1 Å². The third kappa shape index (κ3) is 4.85. The third-order valence-corrected chi connectivity index (χ3v) is 6.90. The Morgan fingerprint density at radius 2 is 1.77 bits per heavy atom. The number of phenolic OH excluding ortho intramolecular Hbond substituents is 1. The summed E-state index contributed by atoms with van der Waals surface area (Å²) in [6.45, 7) is 0. The average molecular weight is 540 g/mol. The highest BCUT2D eigenvalue weighted by molar-refractivity contribution is 5.97. The second-order valence-electron chi connectivity index (χ2n) is 9.28. The number of hydrogen-bond acceptors (Lipinski definition) is 6. The van der Waals surface area contributed by atoms with Gasteiger partial charge in [0.25, 0.3) is 11.5 Å². The van der Waals surface area contributed by atoms with Gasteiger partial charge in [-0.2, -0.15) is 0 Å². The number of nitrogens with one attached hydrogen (secondary N) is 1. The molecule has 1 fully saturated rings. The summed E-state index contributed by atoms with van der Waals surface area (Å²) in [7, 11) is 1.44. The Morgan fingerprint density at radius 3 is 2.44 bits per heavy atom. The van der Waals surface area contributed by atoms with Crippen molar-refractivity contribution in [1.29, 1.82) is 0 Å². The van der Waals surface area contributed by atoms with E-state index < -0.39 is 40.6 Å². The molecule has 0 saturated heterocycles. The first-order valence-corrected chi connectivity index (χ1v) is 12.1. The maximum absolute atomic E-state index is 14.1. The molecule has 1 saturated carbocycles. The van der Waals surface area contributed by atoms with Crippen LogP contribution in [0.3, 0.4) is 0 Å². The highest BCUT2D eigenvalue weighted by Crippen LogP contribution is 2.29. The number of aromatic hydroxyl groups is 1. The zero-order valence-corrected chi connectivity index (χ0v) is 20.7. The van der Waals surface area contributed by atoms with E-state index in [1.807, 2.05) is 0 Å². The fourth-order valence-electron chi connectivity index (χ4n) is 4.93. The number of halogens is 3. The van der Waals surface area contributed by atoms with Crippen molar-refractivity contribution in [3.63, 3.8) is 0 Å². The number of rotatable bonds is 5. The predicted molar refractivity (Wildman–Crippen MR) is 135 cm³/mol. The van der Waals surface area contributed by atoms with Gasteiger partial charge in [0.2, 0.25) is 0 Å². The Kier molecular flexibility index (Phi) is 6.85. The quantitative estimate of drug-likeness (QED) is 0.400. The largest absolute Gasteiger partial charge is 0.507 e. The smallest absolute Gasteiger partial charge is 0.337 e. The van der Waals surface area contributed by atoms with Crippen LogP contribution in [0.25, 0.3) is 16.7 Å². The molecule has 0 bridgehead atoms. The lowest BCUT2D eigenvalue weighted by Gasteiger charge is -2.30. The fourth-order valence-corrected chi connectivity index (χ4v) is 4.93. The van der Waals surface area contributed by atoms with E-state index in [1.54, 1.807) is 6.07 Å². The van der Waals surface area contributed by atoms with Crippen molar-refractivity contribution < 1.29 is 27.8 Å². The molecule has 9 nitrogen and oxygen atoms in total. The number of carbonyl (C=O) groups is 1. The first kappa shape index (κ1) is 26.0. The van der Waals surface area contributed by atoms with Crippen LogP contribution in [0.15, 0.2) is 58.3 Å². The van der Waals surface area contributed by atoms with Gasteiger partial charge in [-0.25, -0.2) is 27.5 Å². The molecule has 1 aliphatic carbocycles. The number of nitrogens with zero attached hydrogens (tertiary/aromatic N) is 3. The number of aromatic nitrogens is 3. The van der Waals surface area contributed by atoms with Gasteiger partial charge in [0, 0.05) is 24.2 Å². The predicted octanol–water partition coefficient (Wildman–Crippen LogP) is 3.59. The summed E-state index contributed by atoms with van der Waals surface area (Å²) in [5.41, 5.74) is -1.76. The minimum atomic E-state index is -1.20. The number of hydrogen-bond donors (Lipinski definition) is 2. The number of pyridine rings is 1. The van der Waals surface area contributed by atoms with Gasteiger partial charge in [-0.1, -0.05) is 0 Å². The van der Waals surface area contributed by atoms with Crippen molar-refractivity contribution in [2.45, 2.75) is 37.8 Å². The topological polar surface area (TPSA) is 115 Å². The number of carbonyl (C=O) groups excluding carboxylic acids is 1. The lowest BCUT2D eigenvalue weighted by Crippen LogP contribution is -2.45. The molecule has 202 valence electrons. The summed E-state index contributed by atoms with van der Waals surface area (Å²) in [5, 5.41) is 12.8. The molecule has 4 aromatic rings. The maximum Gasteiger partial charge on any atom is 0.337 e. The van der Waals surface area contributed by atoms with Crippen LogP contribution in [0, 0.1) is 17.5 Å². The molecule has 2 aromatic heterocycles. The average Bonchev–Trinajstić information content (AvgIpc) is 2.92. The van der Waals surface area contributed by atoms with Crippen LogP contribution in [0.2, 0.25) is 0 Å². The van der Waals surface area contributed by atoms with Crippen LogP contribution in [-0.4, -0.2) is 38.3 Å². The molecule has 0 aliphatic heterocycles. The van der Waals surface area contributed by atoms with E-state index in [-0.39, 0.29) is 34.1 Å². The summed E-state index contributed by atoms with van der Waals surface area (Å²) >= 11 is 0. The van der Waals surface area contributed by atoms with Gasteiger partial charge in [-0.3, -0.25) is 14.2 Å². The number of amides is 1. The molecule has 2 N–H and O–H groups in total. The Balaban J connectivity index is 1.45. The van der Waals surface area contributed by atoms with Gasteiger partial charge in [-0.05, 0) is 56.0 Å². The second kappa shape index (κ2) is 10.3. The van der Waals surface area contributed by atoms with E-state index in [1.165, 1.54) is 25.3 Å². The Morgan fingerprint density at radius 1 is 1.03 bits per heavy atom. The first-order chi connectivity index (χ1) is 18.7. The second-order valence-corrected chi connectivity index (χ2v) is 9.28. The normalized spacial score (nSPS) is 17.2. The van der Waals surface area contributed by atoms with Crippen LogP contribution in [0.5, 0.6) is 11.5 Å². The molecular weight excluding hydrogens is 517 g/mol. The van der Waals surface area contributed by atoms with Crippen molar-refractivity contribution in [3.8, 4) is 17.2 Å². The molecular formula is C27H23F3N4O5. The maximum atomic E-state index is 14.1. The molecule has 1 amide bonds. The van der Waals surface area contributed by atoms with Crippen molar-refractivity contribution in [2.75, 3.05) is 7.11 Å². The monoisotopic (exact) mass is 540 g/mol. The molecule has 5 rings (SSSR count). The van der Waals surface area contributed by atoms with Crippen molar-refractivity contribution >= 4 is 16.9 Å². The Hall–Kier alpha value is -4.61.